The predicted octanol–water partition coefficient (Wildman–Crippen LogP) is 4.77. The highest BCUT2D eigenvalue weighted by molar-refractivity contribution is 7.93. The third kappa shape index (κ3) is 4.02. The molecule has 4 rings (SSSR count). The summed E-state index contributed by atoms with van der Waals surface area (Å²) in [5, 5.41) is 0.758. The summed E-state index contributed by atoms with van der Waals surface area (Å²) in [4.78, 5) is 0. The number of anilines is 1. The summed E-state index contributed by atoms with van der Waals surface area (Å²) in [6, 6.07) is 15.8. The molecular formula is C22H26N2O3S. The molecule has 2 aromatic carbocycles. The largest absolute Gasteiger partial charge is 0.497 e. The van der Waals surface area contributed by atoms with Gasteiger partial charge in [0, 0.05) is 29.3 Å². The van der Waals surface area contributed by atoms with E-state index in [-0.39, 0.29) is 5.25 Å². The third-order valence-corrected chi connectivity index (χ3v) is 7.40. The number of hydrogen-bond donors (Lipinski definition) is 1. The number of nitrogens with one attached hydrogen (secondary N) is 1. The van der Waals surface area contributed by atoms with Gasteiger partial charge in [-0.05, 0) is 54.8 Å². The average Bonchev–Trinajstić information content (AvgIpc) is 3.11. The van der Waals surface area contributed by atoms with E-state index in [9.17, 15) is 8.42 Å². The number of sulfonamides is 1. The second kappa shape index (κ2) is 7.87. The first-order valence-corrected chi connectivity index (χ1v) is 11.3. The van der Waals surface area contributed by atoms with Crippen LogP contribution in [0.25, 0.3) is 10.9 Å². The van der Waals surface area contributed by atoms with Crippen LogP contribution in [0.5, 0.6) is 5.75 Å². The lowest BCUT2D eigenvalue weighted by Crippen LogP contribution is -2.29. The summed E-state index contributed by atoms with van der Waals surface area (Å²) >= 11 is 0. The summed E-state index contributed by atoms with van der Waals surface area (Å²) in [5.74, 6) is 0.844. The number of methoxy groups -OCH3 is 1. The summed E-state index contributed by atoms with van der Waals surface area (Å²) < 4.78 is 35.5. The molecule has 3 aromatic rings. The minimum atomic E-state index is -3.32. The number of benzene rings is 2. The summed E-state index contributed by atoms with van der Waals surface area (Å²) in [6.07, 6.45) is 6.69. The number of rotatable bonds is 6. The van der Waals surface area contributed by atoms with Crippen LogP contribution in [0.1, 0.15) is 37.7 Å². The first kappa shape index (κ1) is 18.9. The van der Waals surface area contributed by atoms with E-state index in [1.807, 2.05) is 42.6 Å². The van der Waals surface area contributed by atoms with E-state index in [1.54, 1.807) is 7.11 Å². The quantitative estimate of drug-likeness (QED) is 0.650. The fraction of sp³-hybridized carbons (Fsp3) is 0.364. The standard InChI is InChI=1S/C22H26N2O3S/c1-27-20-10-7-17(8-11-20)16-24-14-13-18-15-19(9-12-22(18)24)23-28(25,26)21-5-3-2-4-6-21/h7-15,21,23H,2-6,16H2,1H3. The molecule has 6 heteroatoms. The molecule has 0 atom stereocenters. The van der Waals surface area contributed by atoms with Crippen molar-refractivity contribution in [3.8, 4) is 5.75 Å². The van der Waals surface area contributed by atoms with Crippen LogP contribution in [0.3, 0.4) is 0 Å². The Kier molecular flexibility index (Phi) is 5.31. The highest BCUT2D eigenvalue weighted by Crippen LogP contribution is 2.27. The lowest BCUT2D eigenvalue weighted by atomic mass is 10.0. The predicted molar refractivity (Wildman–Crippen MR) is 113 cm³/mol. The van der Waals surface area contributed by atoms with E-state index in [2.05, 4.69) is 21.4 Å². The molecule has 1 fully saturated rings. The van der Waals surface area contributed by atoms with Crippen LogP contribution in [0.4, 0.5) is 5.69 Å². The maximum Gasteiger partial charge on any atom is 0.235 e. The summed E-state index contributed by atoms with van der Waals surface area (Å²) in [7, 11) is -1.66. The Labute approximate surface area is 166 Å². The monoisotopic (exact) mass is 398 g/mol. The number of hydrogen-bond acceptors (Lipinski definition) is 3. The van der Waals surface area contributed by atoms with E-state index in [1.165, 1.54) is 5.56 Å². The first-order chi connectivity index (χ1) is 13.5. The zero-order valence-corrected chi connectivity index (χ0v) is 16.9. The number of nitrogens with zero attached hydrogens (tertiary/aromatic N) is 1. The van der Waals surface area contributed by atoms with Crippen molar-refractivity contribution in [2.45, 2.75) is 43.9 Å². The van der Waals surface area contributed by atoms with Crippen molar-refractivity contribution < 1.29 is 13.2 Å². The Balaban J connectivity index is 1.52. The van der Waals surface area contributed by atoms with Crippen molar-refractivity contribution in [1.29, 1.82) is 0 Å². The molecule has 1 aromatic heterocycles. The first-order valence-electron chi connectivity index (χ1n) is 9.79. The smallest absolute Gasteiger partial charge is 0.235 e. The van der Waals surface area contributed by atoms with Gasteiger partial charge in [0.15, 0.2) is 0 Å². The summed E-state index contributed by atoms with van der Waals surface area (Å²) in [5.41, 5.74) is 2.90. The van der Waals surface area contributed by atoms with Crippen molar-refractivity contribution in [3.63, 3.8) is 0 Å². The molecule has 148 valence electrons. The Bertz CT molecular complexity index is 1050. The van der Waals surface area contributed by atoms with Gasteiger partial charge in [-0.1, -0.05) is 31.4 Å². The van der Waals surface area contributed by atoms with E-state index in [4.69, 9.17) is 4.74 Å². The number of fused-ring (bicyclic) bond motifs is 1. The van der Waals surface area contributed by atoms with E-state index >= 15 is 0 Å². The molecule has 0 bridgehead atoms. The SMILES string of the molecule is COc1ccc(Cn2ccc3cc(NS(=O)(=O)C4CCCCC4)ccc32)cc1. The zero-order valence-electron chi connectivity index (χ0n) is 16.1. The van der Waals surface area contributed by atoms with E-state index in [0.29, 0.717) is 5.69 Å². The normalized spacial score (nSPS) is 15.6. The van der Waals surface area contributed by atoms with Gasteiger partial charge >= 0.3 is 0 Å². The fourth-order valence-electron chi connectivity index (χ4n) is 3.95. The fourth-order valence-corrected chi connectivity index (χ4v) is 5.53. The van der Waals surface area contributed by atoms with Gasteiger partial charge in [-0.15, -0.1) is 0 Å². The Morgan fingerprint density at radius 1 is 1.04 bits per heavy atom. The highest BCUT2D eigenvalue weighted by Gasteiger charge is 2.27. The molecule has 1 N–H and O–H groups in total. The van der Waals surface area contributed by atoms with Crippen molar-refractivity contribution in [3.05, 3.63) is 60.3 Å². The van der Waals surface area contributed by atoms with Crippen molar-refractivity contribution >= 4 is 26.6 Å². The molecule has 1 heterocycles. The Morgan fingerprint density at radius 2 is 1.79 bits per heavy atom. The van der Waals surface area contributed by atoms with Gasteiger partial charge in [0.2, 0.25) is 10.0 Å². The van der Waals surface area contributed by atoms with E-state index < -0.39 is 10.0 Å². The lowest BCUT2D eigenvalue weighted by molar-refractivity contribution is 0.414. The van der Waals surface area contributed by atoms with Crippen molar-refractivity contribution in [2.75, 3.05) is 11.8 Å². The van der Waals surface area contributed by atoms with Crippen LogP contribution < -0.4 is 9.46 Å². The lowest BCUT2D eigenvalue weighted by Gasteiger charge is -2.22. The summed E-state index contributed by atoms with van der Waals surface area (Å²) in [6.45, 7) is 0.751. The molecule has 5 nitrogen and oxygen atoms in total. The Morgan fingerprint density at radius 3 is 2.50 bits per heavy atom. The molecule has 28 heavy (non-hydrogen) atoms. The second-order valence-electron chi connectivity index (χ2n) is 7.47. The van der Waals surface area contributed by atoms with Crippen LogP contribution in [-0.2, 0) is 16.6 Å². The van der Waals surface area contributed by atoms with Gasteiger partial charge in [0.05, 0.1) is 12.4 Å². The molecule has 0 aliphatic heterocycles. The second-order valence-corrected chi connectivity index (χ2v) is 9.43. The van der Waals surface area contributed by atoms with Gasteiger partial charge < -0.3 is 9.30 Å². The molecule has 0 amide bonds. The topological polar surface area (TPSA) is 60.3 Å². The molecule has 1 aliphatic carbocycles. The van der Waals surface area contributed by atoms with Crippen LogP contribution in [0, 0.1) is 0 Å². The molecule has 0 unspecified atom stereocenters. The molecule has 1 aliphatic rings. The van der Waals surface area contributed by atoms with Crippen LogP contribution in [0.2, 0.25) is 0 Å². The maximum absolute atomic E-state index is 12.7. The molecule has 0 saturated heterocycles. The third-order valence-electron chi connectivity index (χ3n) is 5.53. The molecule has 1 saturated carbocycles. The van der Waals surface area contributed by atoms with Crippen molar-refractivity contribution in [1.82, 2.24) is 4.57 Å². The average molecular weight is 399 g/mol. The molecular weight excluding hydrogens is 372 g/mol. The van der Waals surface area contributed by atoms with Crippen molar-refractivity contribution in [2.24, 2.45) is 0 Å². The maximum atomic E-state index is 12.7. The van der Waals surface area contributed by atoms with Gasteiger partial charge in [-0.3, -0.25) is 4.72 Å². The van der Waals surface area contributed by atoms with Gasteiger partial charge in [0.1, 0.15) is 5.75 Å². The van der Waals surface area contributed by atoms with Crippen LogP contribution in [-0.4, -0.2) is 25.3 Å². The Hall–Kier alpha value is -2.47. The zero-order chi connectivity index (χ0) is 19.6. The minimum Gasteiger partial charge on any atom is -0.497 e. The van der Waals surface area contributed by atoms with Gasteiger partial charge in [-0.2, -0.15) is 0 Å². The number of ether oxygens (including phenoxy) is 1. The van der Waals surface area contributed by atoms with Crippen LogP contribution >= 0.6 is 0 Å². The van der Waals surface area contributed by atoms with Gasteiger partial charge in [0.25, 0.3) is 0 Å². The van der Waals surface area contributed by atoms with Gasteiger partial charge in [-0.25, -0.2) is 8.42 Å². The molecule has 0 spiro atoms. The van der Waals surface area contributed by atoms with Crippen LogP contribution in [0.15, 0.2) is 54.7 Å². The number of aromatic nitrogens is 1. The minimum absolute atomic E-state index is 0.267. The highest BCUT2D eigenvalue weighted by atomic mass is 32.2. The van der Waals surface area contributed by atoms with E-state index in [0.717, 1.165) is 55.3 Å². The molecule has 0 radical (unpaired) electrons.